The minimum Gasteiger partial charge on any atom is -0.345 e. The molecule has 0 unspecified atom stereocenters. The molecule has 17 heavy (non-hydrogen) atoms. The highest BCUT2D eigenvalue weighted by atomic mass is 79.9. The van der Waals surface area contributed by atoms with E-state index in [0.29, 0.717) is 16.5 Å². The van der Waals surface area contributed by atoms with Gasteiger partial charge in [0.2, 0.25) is 0 Å². The minimum absolute atomic E-state index is 0.150. The maximum atomic E-state index is 12.1. The molecule has 1 amide bonds. The number of carbonyl (C=O) groups is 1. The fourth-order valence-electron chi connectivity index (χ4n) is 1.88. The molecule has 1 N–H and O–H groups in total. The Morgan fingerprint density at radius 1 is 1.47 bits per heavy atom. The van der Waals surface area contributed by atoms with Crippen LogP contribution < -0.4 is 5.32 Å². The van der Waals surface area contributed by atoms with Crippen LogP contribution in [0.5, 0.6) is 0 Å². The Labute approximate surface area is 119 Å². The molecule has 1 saturated carbocycles. The first-order valence-corrected chi connectivity index (χ1v) is 7.10. The van der Waals surface area contributed by atoms with Gasteiger partial charge in [0, 0.05) is 10.4 Å². The first-order valence-electron chi connectivity index (χ1n) is 5.40. The molecule has 0 aromatic heterocycles. The molecule has 0 atom stereocenters. The monoisotopic (exact) mass is 335 g/mol. The van der Waals surface area contributed by atoms with Crippen LogP contribution >= 0.6 is 39.1 Å². The summed E-state index contributed by atoms with van der Waals surface area (Å²) in [6, 6.07) is 5.22. The summed E-state index contributed by atoms with van der Waals surface area (Å²) >= 11 is 15.2. The van der Waals surface area contributed by atoms with E-state index in [1.165, 1.54) is 0 Å². The molecule has 0 saturated heterocycles. The second-order valence-corrected chi connectivity index (χ2v) is 5.94. The molecule has 0 bridgehead atoms. The number of carbonyl (C=O) groups excluding carboxylic acids is 1. The van der Waals surface area contributed by atoms with E-state index in [0.717, 1.165) is 23.7 Å². The molecular formula is C12H12BrCl2NO. The largest absolute Gasteiger partial charge is 0.345 e. The minimum atomic E-state index is -0.227. The van der Waals surface area contributed by atoms with Gasteiger partial charge in [-0.25, -0.2) is 0 Å². The van der Waals surface area contributed by atoms with Crippen molar-refractivity contribution in [3.05, 3.63) is 33.3 Å². The molecule has 1 aliphatic rings. The lowest BCUT2D eigenvalue weighted by molar-refractivity contribution is 0.0854. The van der Waals surface area contributed by atoms with Gasteiger partial charge in [0.15, 0.2) is 0 Å². The Morgan fingerprint density at radius 2 is 2.18 bits per heavy atom. The van der Waals surface area contributed by atoms with Gasteiger partial charge in [-0.3, -0.25) is 4.79 Å². The smallest absolute Gasteiger partial charge is 0.253 e. The van der Waals surface area contributed by atoms with Crippen LogP contribution in [0, 0.1) is 0 Å². The third-order valence-corrected chi connectivity index (χ3v) is 4.44. The predicted molar refractivity (Wildman–Crippen MR) is 73.9 cm³/mol. The van der Waals surface area contributed by atoms with Gasteiger partial charge in [-0.2, -0.15) is 0 Å². The van der Waals surface area contributed by atoms with Crippen molar-refractivity contribution in [2.75, 3.05) is 5.88 Å². The van der Waals surface area contributed by atoms with E-state index in [9.17, 15) is 4.79 Å². The van der Waals surface area contributed by atoms with Gasteiger partial charge < -0.3 is 5.32 Å². The number of nitrogens with one attached hydrogen (secondary N) is 1. The first kappa shape index (κ1) is 13.2. The van der Waals surface area contributed by atoms with Crippen molar-refractivity contribution < 1.29 is 4.79 Å². The normalized spacial score (nSPS) is 17.4. The predicted octanol–water partition coefficient (Wildman–Crippen LogP) is 3.99. The zero-order valence-electron chi connectivity index (χ0n) is 9.10. The van der Waals surface area contributed by atoms with Gasteiger partial charge in [-0.05, 0) is 37.5 Å². The van der Waals surface area contributed by atoms with Crippen LogP contribution in [0.15, 0.2) is 22.7 Å². The van der Waals surface area contributed by atoms with Crippen molar-refractivity contribution in [1.29, 1.82) is 0 Å². The van der Waals surface area contributed by atoms with Gasteiger partial charge in [0.1, 0.15) is 0 Å². The van der Waals surface area contributed by atoms with E-state index in [2.05, 4.69) is 21.2 Å². The van der Waals surface area contributed by atoms with Gasteiger partial charge >= 0.3 is 0 Å². The van der Waals surface area contributed by atoms with E-state index in [1.807, 2.05) is 0 Å². The Bertz CT molecular complexity index is 441. The van der Waals surface area contributed by atoms with Crippen molar-refractivity contribution in [1.82, 2.24) is 5.32 Å². The van der Waals surface area contributed by atoms with Crippen molar-refractivity contribution in [3.8, 4) is 0 Å². The Hall–Kier alpha value is -0.250. The van der Waals surface area contributed by atoms with E-state index < -0.39 is 0 Å². The molecular weight excluding hydrogens is 325 g/mol. The van der Waals surface area contributed by atoms with Crippen LogP contribution in [0.1, 0.15) is 29.6 Å². The molecule has 2 rings (SSSR count). The van der Waals surface area contributed by atoms with E-state index in [4.69, 9.17) is 23.2 Å². The van der Waals surface area contributed by atoms with E-state index >= 15 is 0 Å². The summed E-state index contributed by atoms with van der Waals surface area (Å²) in [6.45, 7) is 0. The van der Waals surface area contributed by atoms with Gasteiger partial charge in [-0.1, -0.05) is 27.5 Å². The maximum absolute atomic E-state index is 12.1. The van der Waals surface area contributed by atoms with Crippen molar-refractivity contribution in [2.24, 2.45) is 0 Å². The Kier molecular flexibility index (Phi) is 4.01. The number of amides is 1. The highest BCUT2D eigenvalue weighted by Crippen LogP contribution is 2.33. The van der Waals surface area contributed by atoms with Gasteiger partial charge in [0.25, 0.3) is 5.91 Å². The van der Waals surface area contributed by atoms with Crippen molar-refractivity contribution in [3.63, 3.8) is 0 Å². The molecule has 1 aromatic carbocycles. The second-order valence-electron chi connectivity index (χ2n) is 4.35. The van der Waals surface area contributed by atoms with Gasteiger partial charge in [0.05, 0.1) is 16.1 Å². The molecule has 0 radical (unpaired) electrons. The van der Waals surface area contributed by atoms with Crippen molar-refractivity contribution in [2.45, 2.75) is 24.8 Å². The molecule has 0 spiro atoms. The average molecular weight is 337 g/mol. The Balaban J connectivity index is 2.14. The zero-order valence-corrected chi connectivity index (χ0v) is 12.2. The zero-order chi connectivity index (χ0) is 12.5. The van der Waals surface area contributed by atoms with E-state index in [-0.39, 0.29) is 11.4 Å². The van der Waals surface area contributed by atoms with Crippen LogP contribution in [0.25, 0.3) is 0 Å². The third kappa shape index (κ3) is 2.78. The molecule has 1 fully saturated rings. The summed E-state index contributed by atoms with van der Waals surface area (Å²) < 4.78 is 0.856. The van der Waals surface area contributed by atoms with Crippen LogP contribution in [-0.4, -0.2) is 17.3 Å². The van der Waals surface area contributed by atoms with Crippen LogP contribution in [-0.2, 0) is 0 Å². The lowest BCUT2D eigenvalue weighted by Crippen LogP contribution is -2.55. The number of benzene rings is 1. The average Bonchev–Trinajstić information content (AvgIpc) is 2.23. The highest BCUT2D eigenvalue weighted by Gasteiger charge is 2.37. The molecule has 5 heteroatoms. The second kappa shape index (κ2) is 5.17. The number of alkyl halides is 1. The summed E-state index contributed by atoms with van der Waals surface area (Å²) in [6.07, 6.45) is 2.99. The lowest BCUT2D eigenvalue weighted by atomic mass is 9.78. The van der Waals surface area contributed by atoms with E-state index in [1.54, 1.807) is 18.2 Å². The molecule has 1 aromatic rings. The first-order chi connectivity index (χ1) is 8.06. The number of hydrogen-bond acceptors (Lipinski definition) is 1. The number of halogens is 3. The SMILES string of the molecule is O=C(NC1(CCl)CCC1)c1ccc(Br)cc1Cl. The topological polar surface area (TPSA) is 29.1 Å². The summed E-state index contributed by atoms with van der Waals surface area (Å²) in [5.74, 6) is 0.301. The molecule has 0 heterocycles. The molecule has 2 nitrogen and oxygen atoms in total. The van der Waals surface area contributed by atoms with Gasteiger partial charge in [-0.15, -0.1) is 11.6 Å². The summed E-state index contributed by atoms with van der Waals surface area (Å²) in [7, 11) is 0. The molecule has 0 aliphatic heterocycles. The quantitative estimate of drug-likeness (QED) is 0.831. The molecule has 92 valence electrons. The molecule has 1 aliphatic carbocycles. The fourth-order valence-corrected chi connectivity index (χ4v) is 2.97. The Morgan fingerprint density at radius 3 is 2.65 bits per heavy atom. The third-order valence-electron chi connectivity index (χ3n) is 3.12. The van der Waals surface area contributed by atoms with Crippen LogP contribution in [0.3, 0.4) is 0 Å². The maximum Gasteiger partial charge on any atom is 0.253 e. The summed E-state index contributed by atoms with van der Waals surface area (Å²) in [4.78, 5) is 12.1. The summed E-state index contributed by atoms with van der Waals surface area (Å²) in [5, 5.41) is 3.43. The number of rotatable bonds is 3. The van der Waals surface area contributed by atoms with Crippen LogP contribution in [0.4, 0.5) is 0 Å². The highest BCUT2D eigenvalue weighted by molar-refractivity contribution is 9.10. The standard InChI is InChI=1S/C12H12BrCl2NO/c13-8-2-3-9(10(15)6-8)11(17)16-12(7-14)4-1-5-12/h2-3,6H,1,4-5,7H2,(H,16,17). The fraction of sp³-hybridized carbons (Fsp3) is 0.417. The number of hydrogen-bond donors (Lipinski definition) is 1. The lowest BCUT2D eigenvalue weighted by Gasteiger charge is -2.41. The summed E-state index contributed by atoms with van der Waals surface area (Å²) in [5.41, 5.74) is 0.265. The van der Waals surface area contributed by atoms with Crippen molar-refractivity contribution >= 4 is 45.0 Å². The van der Waals surface area contributed by atoms with Crippen LogP contribution in [0.2, 0.25) is 5.02 Å².